The lowest BCUT2D eigenvalue weighted by atomic mass is 9.87. The molecule has 3 heterocycles. The summed E-state index contributed by atoms with van der Waals surface area (Å²) >= 11 is 3.38. The molecule has 2 aliphatic heterocycles. The van der Waals surface area contributed by atoms with Gasteiger partial charge in [-0.25, -0.2) is 9.97 Å². The Bertz CT molecular complexity index is 389. The third-order valence-electron chi connectivity index (χ3n) is 3.87. The Kier molecular flexibility index (Phi) is 3.04. The lowest BCUT2D eigenvalue weighted by molar-refractivity contribution is 0.0541. The fraction of sp³-hybridized carbons (Fsp3) is 0.667. The molecule has 2 saturated heterocycles. The molecule has 0 unspecified atom stereocenters. The standard InChI is InChI=1S/C12H16BrN3O/c13-10-8-14-11(15-9-10)16-5-1-2-12(16)3-6-17-7-4-12/h8-9H,1-7H2. The average molecular weight is 298 g/mol. The number of hydrogen-bond acceptors (Lipinski definition) is 4. The Morgan fingerprint density at radius 3 is 2.59 bits per heavy atom. The smallest absolute Gasteiger partial charge is 0.225 e. The van der Waals surface area contributed by atoms with E-state index in [4.69, 9.17) is 4.74 Å². The van der Waals surface area contributed by atoms with Crippen molar-refractivity contribution >= 4 is 21.9 Å². The Hall–Kier alpha value is -0.680. The molecule has 92 valence electrons. The first kappa shape index (κ1) is 11.4. The van der Waals surface area contributed by atoms with Gasteiger partial charge in [-0.3, -0.25) is 0 Å². The van der Waals surface area contributed by atoms with Gasteiger partial charge in [0.2, 0.25) is 5.95 Å². The van der Waals surface area contributed by atoms with Crippen LogP contribution in [0.1, 0.15) is 25.7 Å². The molecular weight excluding hydrogens is 282 g/mol. The third kappa shape index (κ3) is 2.06. The van der Waals surface area contributed by atoms with Crippen molar-refractivity contribution in [2.45, 2.75) is 31.2 Å². The number of nitrogens with zero attached hydrogens (tertiary/aromatic N) is 3. The molecule has 5 heteroatoms. The highest BCUT2D eigenvalue weighted by Crippen LogP contribution is 2.39. The Morgan fingerprint density at radius 1 is 1.18 bits per heavy atom. The van der Waals surface area contributed by atoms with E-state index in [1.54, 1.807) is 0 Å². The zero-order chi connectivity index (χ0) is 11.7. The van der Waals surface area contributed by atoms with Gasteiger partial charge in [-0.15, -0.1) is 0 Å². The van der Waals surface area contributed by atoms with Crippen LogP contribution in [0.5, 0.6) is 0 Å². The van der Waals surface area contributed by atoms with Crippen LogP contribution in [0, 0.1) is 0 Å². The molecule has 0 saturated carbocycles. The summed E-state index contributed by atoms with van der Waals surface area (Å²) in [5.74, 6) is 0.868. The maximum absolute atomic E-state index is 5.48. The molecule has 2 aliphatic rings. The third-order valence-corrected chi connectivity index (χ3v) is 4.28. The van der Waals surface area contributed by atoms with E-state index >= 15 is 0 Å². The number of ether oxygens (including phenoxy) is 1. The van der Waals surface area contributed by atoms with Crippen LogP contribution >= 0.6 is 15.9 Å². The fourth-order valence-corrected chi connectivity index (χ4v) is 3.17. The first-order valence-corrected chi connectivity index (χ1v) is 6.92. The summed E-state index contributed by atoms with van der Waals surface area (Å²) in [5, 5.41) is 0. The average Bonchev–Trinajstić information content (AvgIpc) is 2.75. The largest absolute Gasteiger partial charge is 0.381 e. The van der Waals surface area contributed by atoms with E-state index in [1.807, 2.05) is 12.4 Å². The highest BCUT2D eigenvalue weighted by molar-refractivity contribution is 9.10. The van der Waals surface area contributed by atoms with Crippen LogP contribution in [0.25, 0.3) is 0 Å². The van der Waals surface area contributed by atoms with Crippen molar-refractivity contribution in [3.8, 4) is 0 Å². The molecule has 0 aliphatic carbocycles. The van der Waals surface area contributed by atoms with Crippen LogP contribution in [0.3, 0.4) is 0 Å². The van der Waals surface area contributed by atoms with Crippen molar-refractivity contribution in [1.82, 2.24) is 9.97 Å². The van der Waals surface area contributed by atoms with Crippen molar-refractivity contribution in [3.05, 3.63) is 16.9 Å². The molecular formula is C12H16BrN3O. The molecule has 0 bridgehead atoms. The van der Waals surface area contributed by atoms with Crippen LogP contribution in [0.4, 0.5) is 5.95 Å². The van der Waals surface area contributed by atoms with Crippen LogP contribution in [0.2, 0.25) is 0 Å². The second-order valence-corrected chi connectivity index (χ2v) is 5.71. The molecule has 2 fully saturated rings. The molecule has 0 amide bonds. The molecule has 0 radical (unpaired) electrons. The van der Waals surface area contributed by atoms with Gasteiger partial charge in [0.25, 0.3) is 0 Å². The van der Waals surface area contributed by atoms with E-state index < -0.39 is 0 Å². The first-order chi connectivity index (χ1) is 8.30. The fourth-order valence-electron chi connectivity index (χ4n) is 2.97. The van der Waals surface area contributed by atoms with Gasteiger partial charge in [-0.2, -0.15) is 0 Å². The van der Waals surface area contributed by atoms with E-state index in [0.29, 0.717) is 0 Å². The van der Waals surface area contributed by atoms with Gasteiger partial charge in [0, 0.05) is 37.7 Å². The summed E-state index contributed by atoms with van der Waals surface area (Å²) < 4.78 is 6.42. The number of halogens is 1. The van der Waals surface area contributed by atoms with Gasteiger partial charge in [0.15, 0.2) is 0 Å². The highest BCUT2D eigenvalue weighted by Gasteiger charge is 2.43. The Morgan fingerprint density at radius 2 is 1.88 bits per heavy atom. The van der Waals surface area contributed by atoms with Gasteiger partial charge in [-0.1, -0.05) is 0 Å². The first-order valence-electron chi connectivity index (χ1n) is 6.13. The normalized spacial score (nSPS) is 23.2. The van der Waals surface area contributed by atoms with Gasteiger partial charge >= 0.3 is 0 Å². The molecule has 1 aromatic heterocycles. The SMILES string of the molecule is Brc1cnc(N2CCCC23CCOCC3)nc1. The summed E-state index contributed by atoms with van der Waals surface area (Å²) in [6, 6.07) is 0. The van der Waals surface area contributed by atoms with Crippen molar-refractivity contribution in [3.63, 3.8) is 0 Å². The predicted molar refractivity (Wildman–Crippen MR) is 69.1 cm³/mol. The van der Waals surface area contributed by atoms with E-state index in [9.17, 15) is 0 Å². The topological polar surface area (TPSA) is 38.2 Å². The van der Waals surface area contributed by atoms with E-state index in [1.165, 1.54) is 12.8 Å². The maximum atomic E-state index is 5.48. The second kappa shape index (κ2) is 4.53. The Balaban J connectivity index is 1.88. The second-order valence-electron chi connectivity index (χ2n) is 4.79. The molecule has 4 nitrogen and oxygen atoms in total. The van der Waals surface area contributed by atoms with Crippen LogP contribution in [0.15, 0.2) is 16.9 Å². The lowest BCUT2D eigenvalue weighted by Gasteiger charge is -2.41. The van der Waals surface area contributed by atoms with Gasteiger partial charge < -0.3 is 9.64 Å². The van der Waals surface area contributed by atoms with Gasteiger partial charge in [0.05, 0.1) is 4.47 Å². The van der Waals surface area contributed by atoms with Crippen molar-refractivity contribution in [2.75, 3.05) is 24.7 Å². The number of rotatable bonds is 1. The minimum atomic E-state index is 0.256. The monoisotopic (exact) mass is 297 g/mol. The van der Waals surface area contributed by atoms with E-state index in [0.717, 1.165) is 43.0 Å². The van der Waals surface area contributed by atoms with Crippen molar-refractivity contribution in [1.29, 1.82) is 0 Å². The van der Waals surface area contributed by atoms with Gasteiger partial charge in [-0.05, 0) is 41.6 Å². The minimum Gasteiger partial charge on any atom is -0.381 e. The molecule has 3 rings (SSSR count). The zero-order valence-electron chi connectivity index (χ0n) is 9.73. The van der Waals surface area contributed by atoms with Crippen LogP contribution in [-0.2, 0) is 4.74 Å². The van der Waals surface area contributed by atoms with Crippen LogP contribution < -0.4 is 4.90 Å². The van der Waals surface area contributed by atoms with Gasteiger partial charge in [0.1, 0.15) is 0 Å². The summed E-state index contributed by atoms with van der Waals surface area (Å²) in [5.41, 5.74) is 0.256. The summed E-state index contributed by atoms with van der Waals surface area (Å²) in [6.07, 6.45) is 8.34. The zero-order valence-corrected chi connectivity index (χ0v) is 11.3. The van der Waals surface area contributed by atoms with Crippen LogP contribution in [-0.4, -0.2) is 35.3 Å². The summed E-state index contributed by atoms with van der Waals surface area (Å²) in [7, 11) is 0. The van der Waals surface area contributed by atoms with Crippen molar-refractivity contribution in [2.24, 2.45) is 0 Å². The molecule has 0 atom stereocenters. The number of anilines is 1. The minimum absolute atomic E-state index is 0.256. The quantitative estimate of drug-likeness (QED) is 0.798. The van der Waals surface area contributed by atoms with E-state index in [2.05, 4.69) is 30.8 Å². The maximum Gasteiger partial charge on any atom is 0.225 e. The predicted octanol–water partition coefficient (Wildman–Crippen LogP) is 2.39. The molecule has 1 aromatic rings. The molecule has 1 spiro atoms. The number of aromatic nitrogens is 2. The van der Waals surface area contributed by atoms with E-state index in [-0.39, 0.29) is 5.54 Å². The molecule has 0 N–H and O–H groups in total. The lowest BCUT2D eigenvalue weighted by Crippen LogP contribution is -2.48. The number of hydrogen-bond donors (Lipinski definition) is 0. The summed E-state index contributed by atoms with van der Waals surface area (Å²) in [4.78, 5) is 11.3. The summed E-state index contributed by atoms with van der Waals surface area (Å²) in [6.45, 7) is 2.81. The molecule has 17 heavy (non-hydrogen) atoms. The van der Waals surface area contributed by atoms with Crippen molar-refractivity contribution < 1.29 is 4.74 Å². The highest BCUT2D eigenvalue weighted by atomic mass is 79.9. The Labute approximate surface area is 110 Å². The molecule has 0 aromatic carbocycles.